The standard InChI is InChI=1S/C24H31Cl2N3O4S/c1-6-22(24(31)27-7-2)28(14-18-9-11-20(25)21(26)13-18)23(30)15-29(34(5,32)33)19-10-8-16(3)17(4)12-19/h8-13,22H,6-7,14-15H2,1-5H3,(H,27,31). The molecule has 7 nitrogen and oxygen atoms in total. The van der Waals surface area contributed by atoms with Crippen LogP contribution in [0, 0.1) is 13.8 Å². The van der Waals surface area contributed by atoms with Crippen molar-refractivity contribution in [1.29, 1.82) is 0 Å². The second kappa shape index (κ2) is 11.9. The number of hydrogen-bond donors (Lipinski definition) is 1. The molecule has 0 aromatic heterocycles. The first-order valence-electron chi connectivity index (χ1n) is 10.9. The summed E-state index contributed by atoms with van der Waals surface area (Å²) in [5.74, 6) is -0.816. The average molecular weight is 529 g/mol. The molecule has 0 bridgehead atoms. The van der Waals surface area contributed by atoms with Crippen molar-refractivity contribution in [3.8, 4) is 0 Å². The van der Waals surface area contributed by atoms with Crippen LogP contribution in [-0.2, 0) is 26.2 Å². The zero-order chi connectivity index (χ0) is 25.6. The molecular weight excluding hydrogens is 497 g/mol. The van der Waals surface area contributed by atoms with Crippen LogP contribution in [-0.4, -0.2) is 50.5 Å². The summed E-state index contributed by atoms with van der Waals surface area (Å²) in [6, 6.07) is 9.39. The lowest BCUT2D eigenvalue weighted by Crippen LogP contribution is -2.52. The highest BCUT2D eigenvalue weighted by atomic mass is 35.5. The molecule has 0 aliphatic heterocycles. The number of nitrogens with zero attached hydrogens (tertiary/aromatic N) is 2. The average Bonchev–Trinajstić information content (AvgIpc) is 2.75. The first-order chi connectivity index (χ1) is 15.9. The van der Waals surface area contributed by atoms with Gasteiger partial charge in [-0.1, -0.05) is 42.3 Å². The van der Waals surface area contributed by atoms with Crippen molar-refractivity contribution in [2.24, 2.45) is 0 Å². The lowest BCUT2D eigenvalue weighted by Gasteiger charge is -2.33. The number of nitrogens with one attached hydrogen (secondary N) is 1. The number of carbonyl (C=O) groups excluding carboxylic acids is 2. The van der Waals surface area contributed by atoms with Crippen LogP contribution in [0.15, 0.2) is 36.4 Å². The predicted molar refractivity (Wildman–Crippen MR) is 138 cm³/mol. The number of carbonyl (C=O) groups is 2. The maximum absolute atomic E-state index is 13.6. The molecule has 186 valence electrons. The third kappa shape index (κ3) is 7.10. The molecule has 1 N–H and O–H groups in total. The van der Waals surface area contributed by atoms with E-state index in [1.165, 1.54) is 4.90 Å². The van der Waals surface area contributed by atoms with Gasteiger partial charge in [-0.05, 0) is 68.1 Å². The van der Waals surface area contributed by atoms with E-state index in [1.807, 2.05) is 19.9 Å². The minimum absolute atomic E-state index is 0.0654. The van der Waals surface area contributed by atoms with E-state index in [9.17, 15) is 18.0 Å². The zero-order valence-electron chi connectivity index (χ0n) is 20.1. The van der Waals surface area contributed by atoms with Gasteiger partial charge in [0.15, 0.2) is 0 Å². The van der Waals surface area contributed by atoms with Crippen LogP contribution in [0.3, 0.4) is 0 Å². The van der Waals surface area contributed by atoms with Gasteiger partial charge in [-0.2, -0.15) is 0 Å². The van der Waals surface area contributed by atoms with Gasteiger partial charge in [0.2, 0.25) is 21.8 Å². The lowest BCUT2D eigenvalue weighted by atomic mass is 10.1. The second-order valence-electron chi connectivity index (χ2n) is 8.13. The van der Waals surface area contributed by atoms with Gasteiger partial charge in [-0.3, -0.25) is 13.9 Å². The van der Waals surface area contributed by atoms with Gasteiger partial charge in [-0.25, -0.2) is 8.42 Å². The zero-order valence-corrected chi connectivity index (χ0v) is 22.4. The summed E-state index contributed by atoms with van der Waals surface area (Å²) >= 11 is 12.2. The number of benzene rings is 2. The Kier molecular flexibility index (Phi) is 9.79. The summed E-state index contributed by atoms with van der Waals surface area (Å²) < 4.78 is 26.4. The van der Waals surface area contributed by atoms with Gasteiger partial charge in [0, 0.05) is 13.1 Å². The molecule has 1 atom stereocenters. The third-order valence-electron chi connectivity index (χ3n) is 5.53. The number of aryl methyl sites for hydroxylation is 2. The van der Waals surface area contributed by atoms with Crippen molar-refractivity contribution in [2.45, 2.75) is 46.7 Å². The van der Waals surface area contributed by atoms with Gasteiger partial charge in [0.1, 0.15) is 12.6 Å². The Morgan fingerprint density at radius 3 is 2.21 bits per heavy atom. The SMILES string of the molecule is CCNC(=O)C(CC)N(Cc1ccc(Cl)c(Cl)c1)C(=O)CN(c1ccc(C)c(C)c1)S(C)(=O)=O. The van der Waals surface area contributed by atoms with Gasteiger partial charge in [0.25, 0.3) is 0 Å². The van der Waals surface area contributed by atoms with Crippen LogP contribution in [0.4, 0.5) is 5.69 Å². The summed E-state index contributed by atoms with van der Waals surface area (Å²) in [6.45, 7) is 7.41. The number of likely N-dealkylation sites (N-methyl/N-ethyl adjacent to an activating group) is 1. The van der Waals surface area contributed by atoms with Crippen molar-refractivity contribution in [2.75, 3.05) is 23.7 Å². The van der Waals surface area contributed by atoms with Crippen molar-refractivity contribution >= 4 is 50.7 Å². The van der Waals surface area contributed by atoms with E-state index in [0.717, 1.165) is 21.7 Å². The van der Waals surface area contributed by atoms with E-state index < -0.39 is 28.5 Å². The number of sulfonamides is 1. The summed E-state index contributed by atoms with van der Waals surface area (Å²) in [5, 5.41) is 3.45. The molecule has 0 heterocycles. The Labute approximate surface area is 212 Å². The van der Waals surface area contributed by atoms with Crippen molar-refractivity contribution in [3.63, 3.8) is 0 Å². The van der Waals surface area contributed by atoms with Crippen LogP contribution in [0.25, 0.3) is 0 Å². The lowest BCUT2D eigenvalue weighted by molar-refractivity contribution is -0.140. The van der Waals surface area contributed by atoms with Gasteiger partial charge in [-0.15, -0.1) is 0 Å². The summed E-state index contributed by atoms with van der Waals surface area (Å²) in [4.78, 5) is 27.7. The molecule has 0 saturated heterocycles. The van der Waals surface area contributed by atoms with Crippen LogP contribution < -0.4 is 9.62 Å². The molecule has 1 unspecified atom stereocenters. The molecule has 0 aliphatic rings. The highest BCUT2D eigenvalue weighted by Gasteiger charge is 2.31. The first kappa shape index (κ1) is 28.0. The number of amides is 2. The first-order valence-corrected chi connectivity index (χ1v) is 13.6. The van der Waals surface area contributed by atoms with E-state index >= 15 is 0 Å². The minimum atomic E-state index is -3.78. The molecule has 0 saturated carbocycles. The van der Waals surface area contributed by atoms with E-state index in [0.29, 0.717) is 34.3 Å². The molecule has 0 aliphatic carbocycles. The number of halogens is 2. The van der Waals surface area contributed by atoms with Crippen molar-refractivity contribution in [1.82, 2.24) is 10.2 Å². The number of rotatable bonds is 10. The summed E-state index contributed by atoms with van der Waals surface area (Å²) in [5.41, 5.74) is 2.97. The van der Waals surface area contributed by atoms with Gasteiger partial charge >= 0.3 is 0 Å². The van der Waals surface area contributed by atoms with Crippen LogP contribution in [0.1, 0.15) is 37.0 Å². The summed E-state index contributed by atoms with van der Waals surface area (Å²) in [6.07, 6.45) is 1.40. The third-order valence-corrected chi connectivity index (χ3v) is 7.41. The van der Waals surface area contributed by atoms with Crippen LogP contribution in [0.2, 0.25) is 10.0 Å². The maximum atomic E-state index is 13.6. The Morgan fingerprint density at radius 1 is 1.00 bits per heavy atom. The normalized spacial score (nSPS) is 12.2. The minimum Gasteiger partial charge on any atom is -0.355 e. The smallest absolute Gasteiger partial charge is 0.244 e. The van der Waals surface area contributed by atoms with E-state index in [2.05, 4.69) is 5.32 Å². The second-order valence-corrected chi connectivity index (χ2v) is 10.8. The Hall–Kier alpha value is -2.29. The Bertz CT molecular complexity index is 1150. The van der Waals surface area contributed by atoms with Crippen molar-refractivity contribution in [3.05, 3.63) is 63.1 Å². The molecule has 0 radical (unpaired) electrons. The largest absolute Gasteiger partial charge is 0.355 e. The van der Waals surface area contributed by atoms with E-state index in [4.69, 9.17) is 23.2 Å². The molecule has 10 heteroatoms. The van der Waals surface area contributed by atoms with Gasteiger partial charge < -0.3 is 10.2 Å². The fraction of sp³-hybridized carbons (Fsp3) is 0.417. The molecule has 2 aromatic carbocycles. The van der Waals surface area contributed by atoms with Crippen LogP contribution in [0.5, 0.6) is 0 Å². The highest BCUT2D eigenvalue weighted by Crippen LogP contribution is 2.25. The molecule has 2 aromatic rings. The fourth-order valence-electron chi connectivity index (χ4n) is 3.54. The maximum Gasteiger partial charge on any atom is 0.244 e. The Balaban J connectivity index is 2.47. The monoisotopic (exact) mass is 527 g/mol. The molecule has 0 fully saturated rings. The number of hydrogen-bond acceptors (Lipinski definition) is 4. The van der Waals surface area contributed by atoms with Crippen LogP contribution >= 0.6 is 23.2 Å². The topological polar surface area (TPSA) is 86.8 Å². The Morgan fingerprint density at radius 2 is 1.68 bits per heavy atom. The van der Waals surface area contributed by atoms with E-state index in [-0.39, 0.29) is 12.5 Å². The summed E-state index contributed by atoms with van der Waals surface area (Å²) in [7, 11) is -3.78. The van der Waals surface area contributed by atoms with Crippen molar-refractivity contribution < 1.29 is 18.0 Å². The quantitative estimate of drug-likeness (QED) is 0.498. The molecule has 34 heavy (non-hydrogen) atoms. The highest BCUT2D eigenvalue weighted by molar-refractivity contribution is 7.92. The number of anilines is 1. The predicted octanol–water partition coefficient (Wildman–Crippen LogP) is 4.32. The fourth-order valence-corrected chi connectivity index (χ4v) is 4.70. The molecule has 2 rings (SSSR count). The molecular formula is C24H31Cl2N3O4S. The molecule has 2 amide bonds. The van der Waals surface area contributed by atoms with Gasteiger partial charge in [0.05, 0.1) is 22.0 Å². The van der Waals surface area contributed by atoms with E-state index in [1.54, 1.807) is 44.2 Å². The molecule has 0 spiro atoms.